The summed E-state index contributed by atoms with van der Waals surface area (Å²) in [7, 11) is 1.41. The van der Waals surface area contributed by atoms with E-state index >= 15 is 0 Å². The summed E-state index contributed by atoms with van der Waals surface area (Å²) >= 11 is 12.0. The highest BCUT2D eigenvalue weighted by molar-refractivity contribution is 6.35. The van der Waals surface area contributed by atoms with E-state index in [0.29, 0.717) is 15.6 Å². The Labute approximate surface area is 120 Å². The van der Waals surface area contributed by atoms with E-state index in [-0.39, 0.29) is 5.75 Å². The van der Waals surface area contributed by atoms with Gasteiger partial charge in [-0.1, -0.05) is 35.3 Å². The van der Waals surface area contributed by atoms with Crippen LogP contribution in [-0.2, 0) is 0 Å². The van der Waals surface area contributed by atoms with Crippen LogP contribution in [0.3, 0.4) is 0 Å². The number of hydrogen-bond acceptors (Lipinski definition) is 2. The van der Waals surface area contributed by atoms with Gasteiger partial charge in [-0.3, -0.25) is 0 Å². The van der Waals surface area contributed by atoms with Gasteiger partial charge in [-0.25, -0.2) is 4.39 Å². The molecule has 0 heterocycles. The van der Waals surface area contributed by atoms with Crippen molar-refractivity contribution in [2.45, 2.75) is 6.04 Å². The van der Waals surface area contributed by atoms with Gasteiger partial charge < -0.3 is 10.5 Å². The molecule has 0 aromatic heterocycles. The number of ether oxygens (including phenoxy) is 1. The van der Waals surface area contributed by atoms with Crippen LogP contribution in [0, 0.1) is 5.82 Å². The zero-order valence-corrected chi connectivity index (χ0v) is 11.7. The van der Waals surface area contributed by atoms with Crippen molar-refractivity contribution >= 4 is 23.2 Å². The molecule has 2 nitrogen and oxygen atoms in total. The average Bonchev–Trinajstić information content (AvgIpc) is 2.38. The lowest BCUT2D eigenvalue weighted by molar-refractivity contribution is 0.385. The fourth-order valence-electron chi connectivity index (χ4n) is 1.80. The maximum atomic E-state index is 13.4. The summed E-state index contributed by atoms with van der Waals surface area (Å²) in [6.45, 7) is 0. The molecule has 0 amide bonds. The molecular formula is C14H12Cl2FNO. The Morgan fingerprint density at radius 3 is 2.53 bits per heavy atom. The molecule has 0 aliphatic carbocycles. The smallest absolute Gasteiger partial charge is 0.165 e. The average molecular weight is 300 g/mol. The second-order valence-corrected chi connectivity index (χ2v) is 4.88. The van der Waals surface area contributed by atoms with Gasteiger partial charge in [0.05, 0.1) is 13.2 Å². The van der Waals surface area contributed by atoms with Crippen molar-refractivity contribution < 1.29 is 9.13 Å². The minimum Gasteiger partial charge on any atom is -0.494 e. The van der Waals surface area contributed by atoms with Gasteiger partial charge in [0.15, 0.2) is 11.6 Å². The van der Waals surface area contributed by atoms with Crippen LogP contribution in [0.4, 0.5) is 4.39 Å². The number of nitrogens with two attached hydrogens (primary N) is 1. The fourth-order valence-corrected chi connectivity index (χ4v) is 2.33. The van der Waals surface area contributed by atoms with Gasteiger partial charge in [0.2, 0.25) is 0 Å². The predicted octanol–water partition coefficient (Wildman–Crippen LogP) is 4.19. The van der Waals surface area contributed by atoms with E-state index in [1.54, 1.807) is 30.3 Å². The summed E-state index contributed by atoms with van der Waals surface area (Å²) < 4.78 is 18.3. The van der Waals surface area contributed by atoms with Gasteiger partial charge in [-0.05, 0) is 35.4 Å². The first-order valence-corrected chi connectivity index (χ1v) is 6.32. The quantitative estimate of drug-likeness (QED) is 0.922. The molecule has 0 spiro atoms. The van der Waals surface area contributed by atoms with Crippen molar-refractivity contribution in [3.05, 3.63) is 63.4 Å². The van der Waals surface area contributed by atoms with Crippen LogP contribution in [0.25, 0.3) is 0 Å². The van der Waals surface area contributed by atoms with Crippen molar-refractivity contribution in [3.63, 3.8) is 0 Å². The van der Waals surface area contributed by atoms with Crippen molar-refractivity contribution in [2.24, 2.45) is 5.73 Å². The highest BCUT2D eigenvalue weighted by atomic mass is 35.5. The Morgan fingerprint density at radius 1 is 1.16 bits per heavy atom. The molecule has 1 atom stereocenters. The van der Waals surface area contributed by atoms with Crippen molar-refractivity contribution in [2.75, 3.05) is 7.11 Å². The highest BCUT2D eigenvalue weighted by Crippen LogP contribution is 2.31. The van der Waals surface area contributed by atoms with Gasteiger partial charge in [-0.15, -0.1) is 0 Å². The van der Waals surface area contributed by atoms with Crippen LogP contribution in [-0.4, -0.2) is 7.11 Å². The van der Waals surface area contributed by atoms with E-state index in [0.717, 1.165) is 5.56 Å². The summed E-state index contributed by atoms with van der Waals surface area (Å²) in [5.74, 6) is -0.279. The Bertz CT molecular complexity index is 604. The van der Waals surface area contributed by atoms with Gasteiger partial charge >= 0.3 is 0 Å². The van der Waals surface area contributed by atoms with E-state index in [1.807, 2.05) is 0 Å². The molecule has 0 radical (unpaired) electrons. The molecule has 19 heavy (non-hydrogen) atoms. The van der Waals surface area contributed by atoms with E-state index in [4.69, 9.17) is 33.7 Å². The number of methoxy groups -OCH3 is 1. The van der Waals surface area contributed by atoms with E-state index in [9.17, 15) is 4.39 Å². The molecule has 0 aliphatic heterocycles. The van der Waals surface area contributed by atoms with E-state index in [2.05, 4.69) is 0 Å². The summed E-state index contributed by atoms with van der Waals surface area (Å²) in [5.41, 5.74) is 7.57. The SMILES string of the molecule is COc1cc(C(N)c2ccc(Cl)cc2Cl)ccc1F. The lowest BCUT2D eigenvalue weighted by Gasteiger charge is -2.15. The molecule has 5 heteroatoms. The van der Waals surface area contributed by atoms with Gasteiger partial charge in [0.25, 0.3) is 0 Å². The Balaban J connectivity index is 2.40. The molecule has 0 aliphatic rings. The first-order valence-electron chi connectivity index (χ1n) is 5.57. The minimum atomic E-state index is -0.473. The van der Waals surface area contributed by atoms with Crippen molar-refractivity contribution in [1.82, 2.24) is 0 Å². The number of benzene rings is 2. The zero-order valence-electron chi connectivity index (χ0n) is 10.2. The summed E-state index contributed by atoms with van der Waals surface area (Å²) in [6.07, 6.45) is 0. The lowest BCUT2D eigenvalue weighted by Crippen LogP contribution is -2.12. The third-order valence-electron chi connectivity index (χ3n) is 2.83. The summed E-state index contributed by atoms with van der Waals surface area (Å²) in [6, 6.07) is 9.10. The monoisotopic (exact) mass is 299 g/mol. The van der Waals surface area contributed by atoms with E-state index in [1.165, 1.54) is 13.2 Å². The summed E-state index contributed by atoms with van der Waals surface area (Å²) in [4.78, 5) is 0. The van der Waals surface area contributed by atoms with Gasteiger partial charge in [-0.2, -0.15) is 0 Å². The lowest BCUT2D eigenvalue weighted by atomic mass is 9.99. The second-order valence-electron chi connectivity index (χ2n) is 4.04. The fraction of sp³-hybridized carbons (Fsp3) is 0.143. The standard InChI is InChI=1S/C14H12Cl2FNO/c1-19-13-6-8(2-5-12(13)17)14(18)10-4-3-9(15)7-11(10)16/h2-7,14H,18H2,1H3. The molecule has 0 saturated carbocycles. The Morgan fingerprint density at radius 2 is 1.89 bits per heavy atom. The van der Waals surface area contributed by atoms with Crippen LogP contribution in [0.15, 0.2) is 36.4 Å². The third kappa shape index (κ3) is 3.00. The number of halogens is 3. The normalized spacial score (nSPS) is 12.3. The molecule has 2 N–H and O–H groups in total. The third-order valence-corrected chi connectivity index (χ3v) is 3.39. The zero-order chi connectivity index (χ0) is 14.0. The van der Waals surface area contributed by atoms with Crippen LogP contribution >= 0.6 is 23.2 Å². The highest BCUT2D eigenvalue weighted by Gasteiger charge is 2.15. The van der Waals surface area contributed by atoms with Crippen molar-refractivity contribution in [3.8, 4) is 5.75 Å². The molecule has 100 valence electrons. The molecule has 2 aromatic rings. The topological polar surface area (TPSA) is 35.2 Å². The molecule has 0 fully saturated rings. The van der Waals surface area contributed by atoms with Gasteiger partial charge in [0.1, 0.15) is 0 Å². The molecule has 0 saturated heterocycles. The molecule has 2 rings (SSSR count). The molecular weight excluding hydrogens is 288 g/mol. The molecule has 1 unspecified atom stereocenters. The van der Waals surface area contributed by atoms with Crippen LogP contribution in [0.1, 0.15) is 17.2 Å². The second kappa shape index (κ2) is 5.78. The first kappa shape index (κ1) is 14.1. The van der Waals surface area contributed by atoms with Crippen LogP contribution in [0.5, 0.6) is 5.75 Å². The number of hydrogen-bond donors (Lipinski definition) is 1. The van der Waals surface area contributed by atoms with Crippen molar-refractivity contribution in [1.29, 1.82) is 0 Å². The number of rotatable bonds is 3. The Kier molecular flexibility index (Phi) is 4.30. The maximum Gasteiger partial charge on any atom is 0.165 e. The largest absolute Gasteiger partial charge is 0.494 e. The van der Waals surface area contributed by atoms with Crippen LogP contribution in [0.2, 0.25) is 10.0 Å². The minimum absolute atomic E-state index is 0.151. The maximum absolute atomic E-state index is 13.4. The van der Waals surface area contributed by atoms with Crippen LogP contribution < -0.4 is 10.5 Å². The summed E-state index contributed by atoms with van der Waals surface area (Å²) in [5, 5.41) is 1.01. The van der Waals surface area contributed by atoms with E-state index < -0.39 is 11.9 Å². The van der Waals surface area contributed by atoms with Gasteiger partial charge in [0, 0.05) is 10.0 Å². The Hall–Kier alpha value is -1.29. The predicted molar refractivity (Wildman–Crippen MR) is 75.4 cm³/mol. The molecule has 2 aromatic carbocycles. The molecule has 0 bridgehead atoms. The first-order chi connectivity index (χ1) is 9.02.